The average Bonchev–Trinajstić information content (AvgIpc) is 2.67. The number of hydrogen-bond acceptors (Lipinski definition) is 4. The quantitative estimate of drug-likeness (QED) is 0.884. The van der Waals surface area contributed by atoms with Crippen LogP contribution in [0.4, 0.5) is 5.69 Å². The van der Waals surface area contributed by atoms with Crippen molar-refractivity contribution in [1.82, 2.24) is 0 Å². The second-order valence-corrected chi connectivity index (χ2v) is 6.75. The van der Waals surface area contributed by atoms with Crippen LogP contribution in [0, 0.1) is 0 Å². The first-order valence-electron chi connectivity index (χ1n) is 7.68. The lowest BCUT2D eigenvalue weighted by Gasteiger charge is -2.46. The molecule has 0 saturated carbocycles. The van der Waals surface area contributed by atoms with E-state index in [1.807, 2.05) is 25.1 Å². The van der Waals surface area contributed by atoms with Crippen LogP contribution < -0.4 is 15.8 Å². The first-order valence-corrected chi connectivity index (χ1v) is 7.68. The molecule has 2 aromatic carbocycles. The van der Waals surface area contributed by atoms with Crippen LogP contribution in [-0.4, -0.2) is 11.7 Å². The summed E-state index contributed by atoms with van der Waals surface area (Å²) in [4.78, 5) is 25.9. The highest BCUT2D eigenvalue weighted by Gasteiger charge is 2.58. The zero-order valence-electron chi connectivity index (χ0n) is 13.4. The molecule has 3 rings (SSSR count). The summed E-state index contributed by atoms with van der Waals surface area (Å²) in [5, 5.41) is 10.1. The molecule has 0 aromatic heterocycles. The molecule has 0 spiro atoms. The van der Waals surface area contributed by atoms with Gasteiger partial charge >= 0.3 is 0 Å². The maximum absolute atomic E-state index is 12.2. The number of para-hydroxylation sites is 1. The Kier molecular flexibility index (Phi) is 3.00. The summed E-state index contributed by atoms with van der Waals surface area (Å²) in [6.07, 6.45) is 0.913. The van der Waals surface area contributed by atoms with E-state index in [2.05, 4.69) is 31.7 Å². The van der Waals surface area contributed by atoms with E-state index in [9.17, 15) is 14.7 Å². The maximum Gasteiger partial charge on any atom is 0.268 e. The molecule has 4 heteroatoms. The van der Waals surface area contributed by atoms with Gasteiger partial charge in [-0.3, -0.25) is 9.59 Å². The van der Waals surface area contributed by atoms with Crippen LogP contribution in [0.1, 0.15) is 45.2 Å². The van der Waals surface area contributed by atoms with Gasteiger partial charge in [-0.15, -0.1) is 0 Å². The first kappa shape index (κ1) is 14.8. The highest BCUT2D eigenvalue weighted by Crippen LogP contribution is 2.57. The van der Waals surface area contributed by atoms with E-state index >= 15 is 0 Å². The molecule has 2 aromatic rings. The van der Waals surface area contributed by atoms with Gasteiger partial charge in [-0.2, -0.15) is 0 Å². The second kappa shape index (κ2) is 4.45. The lowest BCUT2D eigenvalue weighted by molar-refractivity contribution is 0.273. The van der Waals surface area contributed by atoms with Crippen LogP contribution in [0.5, 0.6) is 5.75 Å². The molecule has 1 aliphatic rings. The second-order valence-electron chi connectivity index (χ2n) is 6.75. The summed E-state index contributed by atoms with van der Waals surface area (Å²) < 4.78 is 0. The summed E-state index contributed by atoms with van der Waals surface area (Å²) in [5.74, 6) is -0.366. The summed E-state index contributed by atoms with van der Waals surface area (Å²) in [5.41, 5.74) is 0.0384. The van der Waals surface area contributed by atoms with Crippen molar-refractivity contribution in [3.05, 3.63) is 55.8 Å². The minimum absolute atomic E-state index is 0.257. The van der Waals surface area contributed by atoms with Crippen molar-refractivity contribution in [2.45, 2.75) is 45.1 Å². The Morgan fingerprint density at radius 3 is 2.32 bits per heavy atom. The minimum atomic E-state index is -0.764. The van der Waals surface area contributed by atoms with Gasteiger partial charge in [-0.25, -0.2) is 0 Å². The zero-order chi connectivity index (χ0) is 16.3. The number of anilines is 1. The molecule has 1 unspecified atom stereocenters. The van der Waals surface area contributed by atoms with Crippen LogP contribution in [0.3, 0.4) is 0 Å². The van der Waals surface area contributed by atoms with Crippen molar-refractivity contribution in [1.29, 1.82) is 0 Å². The summed E-state index contributed by atoms with van der Waals surface area (Å²) in [7, 11) is 0. The monoisotopic (exact) mass is 299 g/mol. The van der Waals surface area contributed by atoms with Crippen molar-refractivity contribution in [3.8, 4) is 5.75 Å². The van der Waals surface area contributed by atoms with Gasteiger partial charge in [0, 0.05) is 17.6 Å². The number of aromatic hydroxyl groups is 1. The highest BCUT2D eigenvalue weighted by molar-refractivity contribution is 5.69. The molecule has 1 heterocycles. The summed E-state index contributed by atoms with van der Waals surface area (Å²) in [6.45, 7) is 8.93. The topological polar surface area (TPSA) is 57.6 Å². The van der Waals surface area contributed by atoms with E-state index < -0.39 is 21.8 Å². The Balaban J connectivity index is 2.31. The Bertz CT molecular complexity index is 814. The standard InChI is InChI=1S/C18H21NO3/c1-5-10-19-12-9-7-6-8-11(12)17(2,3)18(19,4)13-14(20)16(22)15(13)21/h6-9,20H,5,10H2,1-4H3. The molecule has 1 atom stereocenters. The molecule has 116 valence electrons. The number of fused-ring (bicyclic) bond motifs is 1. The number of benzene rings is 1. The van der Waals surface area contributed by atoms with E-state index in [4.69, 9.17) is 0 Å². The SMILES string of the molecule is CCCN1c2ccccc2C(C)(C)C1(C)c1c(O)c(=O)c1=O. The van der Waals surface area contributed by atoms with Gasteiger partial charge in [0.2, 0.25) is 5.43 Å². The molecule has 0 bridgehead atoms. The molecule has 0 radical (unpaired) electrons. The van der Waals surface area contributed by atoms with Gasteiger partial charge in [0.1, 0.15) is 0 Å². The summed E-state index contributed by atoms with van der Waals surface area (Å²) >= 11 is 0. The Morgan fingerprint density at radius 2 is 1.73 bits per heavy atom. The number of rotatable bonds is 3. The highest BCUT2D eigenvalue weighted by atomic mass is 16.3. The zero-order valence-corrected chi connectivity index (χ0v) is 13.4. The van der Waals surface area contributed by atoms with E-state index in [-0.39, 0.29) is 11.3 Å². The van der Waals surface area contributed by atoms with Gasteiger partial charge in [-0.1, -0.05) is 39.0 Å². The Labute approximate surface area is 129 Å². The fraction of sp³-hybridized carbons (Fsp3) is 0.444. The van der Waals surface area contributed by atoms with Crippen molar-refractivity contribution >= 4 is 5.69 Å². The van der Waals surface area contributed by atoms with Crippen molar-refractivity contribution in [3.63, 3.8) is 0 Å². The maximum atomic E-state index is 12.2. The van der Waals surface area contributed by atoms with Crippen LogP contribution in [0.2, 0.25) is 0 Å². The van der Waals surface area contributed by atoms with Crippen molar-refractivity contribution < 1.29 is 5.11 Å². The van der Waals surface area contributed by atoms with Crippen molar-refractivity contribution in [2.24, 2.45) is 0 Å². The molecule has 1 N–H and O–H groups in total. The van der Waals surface area contributed by atoms with Gasteiger partial charge in [0.25, 0.3) is 5.43 Å². The van der Waals surface area contributed by atoms with Gasteiger partial charge < -0.3 is 10.0 Å². The van der Waals surface area contributed by atoms with E-state index in [1.54, 1.807) is 0 Å². The molecular weight excluding hydrogens is 278 g/mol. The summed E-state index contributed by atoms with van der Waals surface area (Å²) in [6, 6.07) is 8.07. The first-order chi connectivity index (χ1) is 10.3. The molecule has 22 heavy (non-hydrogen) atoms. The Hall–Kier alpha value is -2.10. The van der Waals surface area contributed by atoms with Crippen LogP contribution in [0.15, 0.2) is 33.9 Å². The van der Waals surface area contributed by atoms with Crippen molar-refractivity contribution in [2.75, 3.05) is 11.4 Å². The Morgan fingerprint density at radius 1 is 1.09 bits per heavy atom. The largest absolute Gasteiger partial charge is 0.504 e. The normalized spacial score (nSPS) is 23.0. The third-order valence-corrected chi connectivity index (χ3v) is 5.44. The smallest absolute Gasteiger partial charge is 0.268 e. The number of nitrogens with zero attached hydrogens (tertiary/aromatic N) is 1. The third kappa shape index (κ3) is 1.47. The van der Waals surface area contributed by atoms with E-state index in [1.165, 1.54) is 0 Å². The van der Waals surface area contributed by atoms with E-state index in [0.29, 0.717) is 0 Å². The predicted octanol–water partition coefficient (Wildman–Crippen LogP) is 2.41. The molecule has 0 saturated heterocycles. The lowest BCUT2D eigenvalue weighted by atomic mass is 9.66. The number of hydrogen-bond donors (Lipinski definition) is 1. The molecule has 1 aliphatic heterocycles. The lowest BCUT2D eigenvalue weighted by Crippen LogP contribution is -2.57. The third-order valence-electron chi connectivity index (χ3n) is 5.44. The average molecular weight is 299 g/mol. The molecular formula is C18H21NO3. The molecule has 0 aliphatic carbocycles. The molecule has 4 nitrogen and oxygen atoms in total. The minimum Gasteiger partial charge on any atom is -0.504 e. The van der Waals surface area contributed by atoms with Crippen LogP contribution >= 0.6 is 0 Å². The molecule has 0 fully saturated rings. The van der Waals surface area contributed by atoms with Gasteiger partial charge in [-0.05, 0) is 25.0 Å². The van der Waals surface area contributed by atoms with Crippen LogP contribution in [-0.2, 0) is 11.0 Å². The van der Waals surface area contributed by atoms with E-state index in [0.717, 1.165) is 24.2 Å². The van der Waals surface area contributed by atoms with Gasteiger partial charge in [0.05, 0.1) is 11.1 Å². The predicted molar refractivity (Wildman–Crippen MR) is 87.5 cm³/mol. The molecule has 0 amide bonds. The fourth-order valence-electron chi connectivity index (χ4n) is 3.92. The van der Waals surface area contributed by atoms with Gasteiger partial charge in [0.15, 0.2) is 5.75 Å². The fourth-order valence-corrected chi connectivity index (χ4v) is 3.92. The van der Waals surface area contributed by atoms with Crippen LogP contribution in [0.25, 0.3) is 0 Å².